The number of aliphatic hydroxyl groups excluding tert-OH is 1. The Bertz CT molecular complexity index is 1100. The summed E-state index contributed by atoms with van der Waals surface area (Å²) in [7, 11) is 1.55. The molecule has 162 valence electrons. The van der Waals surface area contributed by atoms with E-state index in [2.05, 4.69) is 22.2 Å². The molecule has 2 aromatic heterocycles. The Balaban J connectivity index is 1.84. The molecular weight excluding hydrogens is 386 g/mol. The summed E-state index contributed by atoms with van der Waals surface area (Å²) in [4.78, 5) is 31.2. The Morgan fingerprint density at radius 2 is 1.97 bits per heavy atom. The van der Waals surface area contributed by atoms with E-state index in [9.17, 15) is 14.7 Å². The van der Waals surface area contributed by atoms with Crippen molar-refractivity contribution < 1.29 is 9.84 Å². The summed E-state index contributed by atoms with van der Waals surface area (Å²) in [5, 5.41) is 13.8. The van der Waals surface area contributed by atoms with Gasteiger partial charge in [0.25, 0.3) is 5.56 Å². The van der Waals surface area contributed by atoms with Crippen molar-refractivity contribution in [3.8, 4) is 5.75 Å². The summed E-state index contributed by atoms with van der Waals surface area (Å²) in [6.07, 6.45) is 2.23. The number of rotatable bonds is 10. The first-order valence-electron chi connectivity index (χ1n) is 10.2. The average Bonchev–Trinajstić information content (AvgIpc) is 3.08. The van der Waals surface area contributed by atoms with Crippen LogP contribution in [-0.4, -0.2) is 43.5 Å². The predicted molar refractivity (Wildman–Crippen MR) is 116 cm³/mol. The van der Waals surface area contributed by atoms with E-state index in [1.807, 2.05) is 31.2 Å². The van der Waals surface area contributed by atoms with E-state index >= 15 is 0 Å². The van der Waals surface area contributed by atoms with E-state index in [1.165, 1.54) is 4.57 Å². The third-order valence-corrected chi connectivity index (χ3v) is 4.93. The smallest absolute Gasteiger partial charge is 0.329 e. The molecule has 3 rings (SSSR count). The maximum atomic E-state index is 12.5. The molecule has 0 fully saturated rings. The van der Waals surface area contributed by atoms with Gasteiger partial charge in [-0.15, -0.1) is 0 Å². The van der Waals surface area contributed by atoms with E-state index in [1.54, 1.807) is 11.6 Å². The van der Waals surface area contributed by atoms with Crippen molar-refractivity contribution in [2.45, 2.75) is 45.8 Å². The third kappa shape index (κ3) is 4.91. The molecule has 0 aliphatic heterocycles. The van der Waals surface area contributed by atoms with Gasteiger partial charge in [-0.1, -0.05) is 37.5 Å². The number of benzene rings is 1. The average molecular weight is 415 g/mol. The van der Waals surface area contributed by atoms with Crippen molar-refractivity contribution in [1.82, 2.24) is 19.1 Å². The lowest BCUT2D eigenvalue weighted by Gasteiger charge is -2.16. The minimum absolute atomic E-state index is 0.0572. The van der Waals surface area contributed by atoms with Crippen LogP contribution in [0.25, 0.3) is 11.2 Å². The van der Waals surface area contributed by atoms with E-state index in [-0.39, 0.29) is 24.3 Å². The lowest BCUT2D eigenvalue weighted by Crippen LogP contribution is -2.31. The Morgan fingerprint density at radius 1 is 1.23 bits per heavy atom. The van der Waals surface area contributed by atoms with Gasteiger partial charge in [0.05, 0.1) is 6.54 Å². The summed E-state index contributed by atoms with van der Waals surface area (Å²) >= 11 is 0. The van der Waals surface area contributed by atoms with Gasteiger partial charge in [-0.3, -0.25) is 14.3 Å². The lowest BCUT2D eigenvalue weighted by molar-refractivity contribution is 0.0938. The molecule has 9 heteroatoms. The van der Waals surface area contributed by atoms with Crippen molar-refractivity contribution in [1.29, 1.82) is 0 Å². The molecule has 0 saturated carbocycles. The number of anilines is 1. The maximum absolute atomic E-state index is 12.5. The maximum Gasteiger partial charge on any atom is 0.329 e. The molecule has 0 saturated heterocycles. The van der Waals surface area contributed by atoms with Crippen LogP contribution in [0.2, 0.25) is 0 Å². The first kappa shape index (κ1) is 21.6. The van der Waals surface area contributed by atoms with E-state index < -0.39 is 17.4 Å². The van der Waals surface area contributed by atoms with Gasteiger partial charge >= 0.3 is 5.69 Å². The van der Waals surface area contributed by atoms with Gasteiger partial charge < -0.3 is 19.7 Å². The lowest BCUT2D eigenvalue weighted by atomic mass is 10.2. The van der Waals surface area contributed by atoms with Gasteiger partial charge in [0.15, 0.2) is 11.2 Å². The monoisotopic (exact) mass is 415 g/mol. The molecule has 3 N–H and O–H groups in total. The number of hydrogen-bond donors (Lipinski definition) is 3. The number of hydrogen-bond acceptors (Lipinski definition) is 6. The second kappa shape index (κ2) is 9.62. The van der Waals surface area contributed by atoms with Gasteiger partial charge in [-0.25, -0.2) is 4.79 Å². The van der Waals surface area contributed by atoms with Gasteiger partial charge in [0.1, 0.15) is 18.5 Å². The molecule has 2 heterocycles. The predicted octanol–water partition coefficient (Wildman–Crippen LogP) is 1.77. The highest BCUT2D eigenvalue weighted by Gasteiger charge is 2.19. The van der Waals surface area contributed by atoms with Crippen molar-refractivity contribution in [2.75, 3.05) is 18.5 Å². The number of nitrogens with one attached hydrogen (secondary N) is 2. The Labute approximate surface area is 174 Å². The Hall–Kier alpha value is -3.07. The van der Waals surface area contributed by atoms with Crippen LogP contribution in [0.5, 0.6) is 5.75 Å². The number of aromatic nitrogens is 4. The van der Waals surface area contributed by atoms with Crippen molar-refractivity contribution in [3.05, 3.63) is 50.7 Å². The van der Waals surface area contributed by atoms with E-state index in [0.29, 0.717) is 18.2 Å². The highest BCUT2D eigenvalue weighted by molar-refractivity contribution is 5.74. The molecule has 0 radical (unpaired) electrons. The number of ether oxygens (including phenoxy) is 1. The number of H-pyrrole nitrogens is 1. The summed E-state index contributed by atoms with van der Waals surface area (Å²) in [6, 6.07) is 7.55. The molecule has 0 spiro atoms. The zero-order valence-electron chi connectivity index (χ0n) is 17.6. The molecule has 1 unspecified atom stereocenters. The van der Waals surface area contributed by atoms with Crippen molar-refractivity contribution in [2.24, 2.45) is 7.05 Å². The number of aryl methyl sites for hydroxylation is 2. The zero-order chi connectivity index (χ0) is 21.7. The summed E-state index contributed by atoms with van der Waals surface area (Å²) in [6.45, 7) is 4.94. The fraction of sp³-hybridized carbons (Fsp3) is 0.476. The quantitative estimate of drug-likeness (QED) is 0.435. The topological polar surface area (TPSA) is 114 Å². The van der Waals surface area contributed by atoms with Crippen LogP contribution in [0.15, 0.2) is 33.9 Å². The second-order valence-electron chi connectivity index (χ2n) is 7.45. The zero-order valence-corrected chi connectivity index (χ0v) is 17.6. The van der Waals surface area contributed by atoms with Crippen molar-refractivity contribution in [3.63, 3.8) is 0 Å². The Kier molecular flexibility index (Phi) is 6.94. The van der Waals surface area contributed by atoms with Gasteiger partial charge in [0.2, 0.25) is 5.95 Å². The minimum Gasteiger partial charge on any atom is -0.491 e. The van der Waals surface area contributed by atoms with E-state index in [0.717, 1.165) is 24.8 Å². The van der Waals surface area contributed by atoms with Crippen LogP contribution in [0.1, 0.15) is 31.7 Å². The number of imidazole rings is 1. The molecule has 1 atom stereocenters. The number of aliphatic hydroxyl groups is 1. The van der Waals surface area contributed by atoms with Gasteiger partial charge in [-0.05, 0) is 25.5 Å². The van der Waals surface area contributed by atoms with Crippen LogP contribution in [0.3, 0.4) is 0 Å². The summed E-state index contributed by atoms with van der Waals surface area (Å²) in [5.74, 6) is 1.11. The molecule has 1 aromatic carbocycles. The third-order valence-electron chi connectivity index (χ3n) is 4.93. The van der Waals surface area contributed by atoms with Crippen molar-refractivity contribution >= 4 is 17.1 Å². The molecule has 0 aliphatic rings. The molecule has 0 aliphatic carbocycles. The first-order valence-corrected chi connectivity index (χ1v) is 10.2. The number of nitrogens with zero attached hydrogens (tertiary/aromatic N) is 3. The normalized spacial score (nSPS) is 12.3. The van der Waals surface area contributed by atoms with Crippen LogP contribution in [0.4, 0.5) is 5.95 Å². The first-order chi connectivity index (χ1) is 14.4. The largest absolute Gasteiger partial charge is 0.491 e. The van der Waals surface area contributed by atoms with E-state index in [4.69, 9.17) is 4.74 Å². The highest BCUT2D eigenvalue weighted by atomic mass is 16.5. The van der Waals surface area contributed by atoms with Gasteiger partial charge in [0, 0.05) is 13.6 Å². The van der Waals surface area contributed by atoms with Crippen LogP contribution < -0.4 is 21.3 Å². The number of aromatic amines is 1. The fourth-order valence-electron chi connectivity index (χ4n) is 3.21. The number of fused-ring (bicyclic) bond motifs is 1. The summed E-state index contributed by atoms with van der Waals surface area (Å²) in [5.41, 5.74) is 0.570. The van der Waals surface area contributed by atoms with Crippen LogP contribution >= 0.6 is 0 Å². The molecular formula is C21H29N5O4. The fourth-order valence-corrected chi connectivity index (χ4v) is 3.21. The molecule has 30 heavy (non-hydrogen) atoms. The molecule has 9 nitrogen and oxygen atoms in total. The number of unbranched alkanes of at least 4 members (excludes halogenated alkanes) is 2. The standard InChI is InChI=1S/C21H29N5O4/c1-4-5-6-11-22-20-23-18-17(19(28)24-21(29)25(18)3)26(20)12-15(27)13-30-16-9-7-14(2)8-10-16/h7-10,15,27H,4-6,11-13H2,1-3H3,(H,22,23)(H,24,28,29). The summed E-state index contributed by atoms with van der Waals surface area (Å²) < 4.78 is 8.57. The SMILES string of the molecule is CCCCCNc1nc2c(c(=O)[nH]c(=O)n2C)n1CC(O)COc1ccc(C)cc1. The molecule has 0 amide bonds. The van der Waals surface area contributed by atoms with Gasteiger partial charge in [-0.2, -0.15) is 4.98 Å². The van der Waals surface area contributed by atoms with Crippen LogP contribution in [-0.2, 0) is 13.6 Å². The molecule has 3 aromatic rings. The highest BCUT2D eigenvalue weighted by Crippen LogP contribution is 2.17. The molecule has 0 bridgehead atoms. The minimum atomic E-state index is -0.878. The second-order valence-corrected chi connectivity index (χ2v) is 7.45. The van der Waals surface area contributed by atoms with Crippen LogP contribution in [0, 0.1) is 6.92 Å². The Morgan fingerprint density at radius 3 is 2.67 bits per heavy atom.